The first-order chi connectivity index (χ1) is 12.5. The van der Waals surface area contributed by atoms with E-state index in [1.807, 2.05) is 51.4 Å². The molecule has 0 saturated heterocycles. The molecule has 0 fully saturated rings. The largest absolute Gasteiger partial charge is 0.460 e. The van der Waals surface area contributed by atoms with Crippen molar-refractivity contribution in [1.82, 2.24) is 15.1 Å². The highest BCUT2D eigenvalue weighted by atomic mass is 35.5. The van der Waals surface area contributed by atoms with E-state index in [-0.39, 0.29) is 5.91 Å². The molecule has 0 radical (unpaired) electrons. The van der Waals surface area contributed by atoms with Gasteiger partial charge in [0.25, 0.3) is 5.91 Å². The Morgan fingerprint density at radius 3 is 2.69 bits per heavy atom. The third-order valence-corrected chi connectivity index (χ3v) is 4.25. The topological polar surface area (TPSA) is 64.5 Å². The van der Waals surface area contributed by atoms with E-state index in [2.05, 4.69) is 10.4 Å². The van der Waals surface area contributed by atoms with E-state index in [4.69, 9.17) is 16.0 Å². The molecule has 3 rings (SSSR count). The normalized spacial score (nSPS) is 11.1. The van der Waals surface area contributed by atoms with E-state index in [1.165, 1.54) is 4.90 Å². The lowest BCUT2D eigenvalue weighted by Gasteiger charge is -2.10. The molecule has 0 saturated carbocycles. The van der Waals surface area contributed by atoms with Gasteiger partial charge in [-0.2, -0.15) is 5.10 Å². The number of rotatable bonds is 6. The molecule has 1 aromatic carbocycles. The van der Waals surface area contributed by atoms with Crippen LogP contribution in [0.2, 0.25) is 5.02 Å². The summed E-state index contributed by atoms with van der Waals surface area (Å²) in [7, 11) is 4.08. The summed E-state index contributed by atoms with van der Waals surface area (Å²) in [5.74, 6) is 1.19. The molecule has 2 N–H and O–H groups in total. The molecule has 0 atom stereocenters. The number of para-hydroxylation sites is 1. The zero-order valence-corrected chi connectivity index (χ0v) is 15.8. The first kappa shape index (κ1) is 18.2. The predicted molar refractivity (Wildman–Crippen MR) is 101 cm³/mol. The van der Waals surface area contributed by atoms with Gasteiger partial charge in [-0.15, -0.1) is 0 Å². The van der Waals surface area contributed by atoms with E-state index in [0.717, 1.165) is 12.3 Å². The molecule has 26 heavy (non-hydrogen) atoms. The van der Waals surface area contributed by atoms with Crippen LogP contribution in [0.15, 0.2) is 46.9 Å². The number of aromatic nitrogens is 2. The Balaban J connectivity index is 1.99. The number of hydrogen-bond donors (Lipinski definition) is 2. The maximum Gasteiger partial charge on any atom is 0.270 e. The van der Waals surface area contributed by atoms with Crippen LogP contribution in [-0.2, 0) is 0 Å². The Kier molecular flexibility index (Phi) is 5.44. The van der Waals surface area contributed by atoms with Crippen LogP contribution in [-0.4, -0.2) is 42.9 Å². The molecule has 0 bridgehead atoms. The molecule has 2 heterocycles. The van der Waals surface area contributed by atoms with Crippen LogP contribution in [0.4, 0.5) is 0 Å². The molecule has 6 nitrogen and oxygen atoms in total. The second-order valence-electron chi connectivity index (χ2n) is 6.40. The number of carbonyl (C=O) groups excluding carboxylic acids is 1. The highest BCUT2D eigenvalue weighted by Gasteiger charge is 2.20. The van der Waals surface area contributed by atoms with Crippen LogP contribution in [0.1, 0.15) is 16.2 Å². The standard InChI is InChI=1S/C19H21ClN4O2/c1-13-8-9-18(26-13)15-12-17(19(25)21-10-11-23(2)3)24(22-15)16-7-5-4-6-14(16)20/h4-9,12H,10-11H2,1-3H3,(H,21,25)/p+1. The Morgan fingerprint density at radius 2 is 2.04 bits per heavy atom. The maximum atomic E-state index is 12.7. The Morgan fingerprint density at radius 1 is 1.27 bits per heavy atom. The minimum absolute atomic E-state index is 0.201. The van der Waals surface area contributed by atoms with Crippen LogP contribution in [0, 0.1) is 6.92 Å². The molecule has 3 aromatic rings. The number of likely N-dealkylation sites (N-methyl/N-ethyl adjacent to an activating group) is 1. The van der Waals surface area contributed by atoms with Gasteiger partial charge in [-0.3, -0.25) is 4.79 Å². The van der Waals surface area contributed by atoms with Crippen molar-refractivity contribution in [2.24, 2.45) is 0 Å². The van der Waals surface area contributed by atoms with Crippen molar-refractivity contribution in [3.63, 3.8) is 0 Å². The molecule has 0 aliphatic rings. The highest BCUT2D eigenvalue weighted by Crippen LogP contribution is 2.26. The van der Waals surface area contributed by atoms with Crippen LogP contribution in [0.25, 0.3) is 17.1 Å². The van der Waals surface area contributed by atoms with E-state index in [0.29, 0.717) is 34.4 Å². The molecule has 0 spiro atoms. The molecule has 0 aliphatic carbocycles. The highest BCUT2D eigenvalue weighted by molar-refractivity contribution is 6.32. The molecule has 0 aliphatic heterocycles. The minimum atomic E-state index is -0.201. The van der Waals surface area contributed by atoms with E-state index in [9.17, 15) is 4.79 Å². The van der Waals surface area contributed by atoms with Gasteiger partial charge in [0.1, 0.15) is 17.1 Å². The van der Waals surface area contributed by atoms with Gasteiger partial charge in [0.2, 0.25) is 0 Å². The summed E-state index contributed by atoms with van der Waals surface area (Å²) in [5, 5.41) is 8.02. The van der Waals surface area contributed by atoms with Crippen LogP contribution in [0.5, 0.6) is 0 Å². The fraction of sp³-hybridized carbons (Fsp3) is 0.263. The van der Waals surface area contributed by atoms with Gasteiger partial charge in [-0.1, -0.05) is 23.7 Å². The molecule has 7 heteroatoms. The van der Waals surface area contributed by atoms with Crippen molar-refractivity contribution < 1.29 is 14.1 Å². The third-order valence-electron chi connectivity index (χ3n) is 3.93. The summed E-state index contributed by atoms with van der Waals surface area (Å²) >= 11 is 6.32. The fourth-order valence-corrected chi connectivity index (χ4v) is 2.77. The molecule has 1 amide bonds. The van der Waals surface area contributed by atoms with Gasteiger partial charge in [0.05, 0.1) is 37.9 Å². The molecule has 0 unspecified atom stereocenters. The summed E-state index contributed by atoms with van der Waals surface area (Å²) in [4.78, 5) is 14.0. The number of quaternary nitrogens is 1. The van der Waals surface area contributed by atoms with E-state index < -0.39 is 0 Å². The van der Waals surface area contributed by atoms with E-state index >= 15 is 0 Å². The van der Waals surface area contributed by atoms with Crippen molar-refractivity contribution in [2.45, 2.75) is 6.92 Å². The number of amides is 1. The van der Waals surface area contributed by atoms with Gasteiger partial charge < -0.3 is 14.6 Å². The summed E-state index contributed by atoms with van der Waals surface area (Å²) in [6.45, 7) is 3.27. The lowest BCUT2D eigenvalue weighted by Crippen LogP contribution is -3.06. The number of carbonyl (C=O) groups is 1. The third kappa shape index (κ3) is 3.98. The van der Waals surface area contributed by atoms with Gasteiger partial charge in [0.15, 0.2) is 5.76 Å². The Hall–Kier alpha value is -2.57. The zero-order valence-electron chi connectivity index (χ0n) is 15.0. The first-order valence-corrected chi connectivity index (χ1v) is 8.82. The summed E-state index contributed by atoms with van der Waals surface area (Å²) < 4.78 is 7.22. The number of halogens is 1. The molecular formula is C19H22ClN4O2+. The summed E-state index contributed by atoms with van der Waals surface area (Å²) in [6, 6.07) is 12.7. The monoisotopic (exact) mass is 373 g/mol. The smallest absolute Gasteiger partial charge is 0.270 e. The second kappa shape index (κ2) is 7.76. The van der Waals surface area contributed by atoms with Gasteiger partial charge >= 0.3 is 0 Å². The molecule has 2 aromatic heterocycles. The zero-order chi connectivity index (χ0) is 18.7. The first-order valence-electron chi connectivity index (χ1n) is 8.44. The Labute approximate surface area is 157 Å². The number of nitrogens with one attached hydrogen (secondary N) is 2. The average Bonchev–Trinajstić information content (AvgIpc) is 3.21. The van der Waals surface area contributed by atoms with Crippen LogP contribution >= 0.6 is 11.6 Å². The number of aryl methyl sites for hydroxylation is 1. The lowest BCUT2D eigenvalue weighted by atomic mass is 10.2. The van der Waals surface area contributed by atoms with Crippen molar-refractivity contribution in [2.75, 3.05) is 27.2 Å². The summed E-state index contributed by atoms with van der Waals surface area (Å²) in [5.41, 5.74) is 1.64. The summed E-state index contributed by atoms with van der Waals surface area (Å²) in [6.07, 6.45) is 0. The molecule has 136 valence electrons. The van der Waals surface area contributed by atoms with E-state index in [1.54, 1.807) is 16.8 Å². The fourth-order valence-electron chi connectivity index (χ4n) is 2.56. The Bertz CT molecular complexity index is 914. The number of furan rings is 1. The quantitative estimate of drug-likeness (QED) is 0.694. The number of hydrogen-bond acceptors (Lipinski definition) is 3. The minimum Gasteiger partial charge on any atom is -0.460 e. The van der Waals surface area contributed by atoms with Crippen LogP contribution in [0.3, 0.4) is 0 Å². The van der Waals surface area contributed by atoms with Crippen LogP contribution < -0.4 is 10.2 Å². The van der Waals surface area contributed by atoms with Crippen molar-refractivity contribution in [3.05, 3.63) is 58.9 Å². The SMILES string of the molecule is Cc1ccc(-c2cc(C(=O)NCC[NH+](C)C)n(-c3ccccc3Cl)n2)o1. The van der Waals surface area contributed by atoms with Gasteiger partial charge in [-0.05, 0) is 31.2 Å². The average molecular weight is 374 g/mol. The van der Waals surface area contributed by atoms with Gasteiger partial charge in [-0.25, -0.2) is 4.68 Å². The number of nitrogens with zero attached hydrogens (tertiary/aromatic N) is 2. The maximum absolute atomic E-state index is 12.7. The van der Waals surface area contributed by atoms with Crippen molar-refractivity contribution in [3.8, 4) is 17.1 Å². The predicted octanol–water partition coefficient (Wildman–Crippen LogP) is 1.97. The van der Waals surface area contributed by atoms with Crippen molar-refractivity contribution in [1.29, 1.82) is 0 Å². The second-order valence-corrected chi connectivity index (χ2v) is 6.81. The lowest BCUT2D eigenvalue weighted by molar-refractivity contribution is -0.856. The van der Waals surface area contributed by atoms with Gasteiger partial charge in [0, 0.05) is 6.07 Å². The number of benzene rings is 1. The molecular weight excluding hydrogens is 352 g/mol. The van der Waals surface area contributed by atoms with Crippen molar-refractivity contribution >= 4 is 17.5 Å².